The largest absolute Gasteiger partial charge is 0.416 e. The molecule has 7 heteroatoms. The number of benzene rings is 1. The molecule has 1 aromatic carbocycles. The fraction of sp³-hybridized carbons (Fsp3) is 0.154. The number of aromatic nitrogens is 1. The predicted octanol–water partition coefficient (Wildman–Crippen LogP) is 4.36. The summed E-state index contributed by atoms with van der Waals surface area (Å²) in [5, 5.41) is 1.14. The van der Waals surface area contributed by atoms with Crippen LogP contribution in [0.3, 0.4) is 0 Å². The quantitative estimate of drug-likeness (QED) is 0.913. The number of hydrogen-bond donors (Lipinski definition) is 1. The van der Waals surface area contributed by atoms with Gasteiger partial charge in [-0.05, 0) is 35.9 Å². The van der Waals surface area contributed by atoms with Gasteiger partial charge in [0.05, 0.1) is 10.6 Å². The molecule has 2 nitrogen and oxygen atoms in total. The Kier molecular flexibility index (Phi) is 4.57. The SMILES string of the molecule is NCc1cc(C(F)(F)F)ccc1Sc1ccc(Cl)cn1. The van der Waals surface area contributed by atoms with Crippen LogP contribution < -0.4 is 5.73 Å². The van der Waals surface area contributed by atoms with Crippen molar-refractivity contribution < 1.29 is 13.2 Å². The molecule has 0 atom stereocenters. The Labute approximate surface area is 123 Å². The zero-order valence-corrected chi connectivity index (χ0v) is 11.7. The van der Waals surface area contributed by atoms with Crippen LogP contribution in [0.5, 0.6) is 0 Å². The molecule has 20 heavy (non-hydrogen) atoms. The van der Waals surface area contributed by atoms with Crippen molar-refractivity contribution in [2.75, 3.05) is 0 Å². The van der Waals surface area contributed by atoms with Crippen LogP contribution in [0, 0.1) is 0 Å². The molecule has 0 aliphatic heterocycles. The Bertz CT molecular complexity index is 600. The third kappa shape index (κ3) is 3.65. The Balaban J connectivity index is 2.30. The molecular formula is C13H10ClF3N2S. The fourth-order valence-electron chi connectivity index (χ4n) is 1.55. The lowest BCUT2D eigenvalue weighted by molar-refractivity contribution is -0.137. The second-order valence-electron chi connectivity index (χ2n) is 3.94. The van der Waals surface area contributed by atoms with E-state index in [0.717, 1.165) is 12.1 Å². The number of nitrogens with zero attached hydrogens (tertiary/aromatic N) is 1. The summed E-state index contributed by atoms with van der Waals surface area (Å²) in [7, 11) is 0. The highest BCUT2D eigenvalue weighted by molar-refractivity contribution is 7.99. The molecule has 106 valence electrons. The van der Waals surface area contributed by atoms with E-state index in [1.807, 2.05) is 0 Å². The first-order valence-corrected chi connectivity index (χ1v) is 6.79. The molecule has 0 unspecified atom stereocenters. The molecule has 0 aliphatic carbocycles. The van der Waals surface area contributed by atoms with Crippen molar-refractivity contribution in [1.29, 1.82) is 0 Å². The van der Waals surface area contributed by atoms with E-state index in [1.165, 1.54) is 24.0 Å². The molecule has 0 saturated carbocycles. The van der Waals surface area contributed by atoms with Gasteiger partial charge < -0.3 is 5.73 Å². The minimum absolute atomic E-state index is 0.0276. The van der Waals surface area contributed by atoms with Crippen molar-refractivity contribution in [3.05, 3.63) is 52.7 Å². The highest BCUT2D eigenvalue weighted by Gasteiger charge is 2.30. The topological polar surface area (TPSA) is 38.9 Å². The predicted molar refractivity (Wildman–Crippen MR) is 72.7 cm³/mol. The molecule has 1 heterocycles. The van der Waals surface area contributed by atoms with E-state index in [2.05, 4.69) is 4.98 Å². The average molecular weight is 319 g/mol. The monoisotopic (exact) mass is 318 g/mol. The van der Waals surface area contributed by atoms with Gasteiger partial charge in [0, 0.05) is 17.6 Å². The van der Waals surface area contributed by atoms with Crippen molar-refractivity contribution in [2.24, 2.45) is 5.73 Å². The minimum Gasteiger partial charge on any atom is -0.326 e. The number of alkyl halides is 3. The highest BCUT2D eigenvalue weighted by atomic mass is 35.5. The molecule has 2 rings (SSSR count). The number of halogens is 4. The Morgan fingerprint density at radius 2 is 1.95 bits per heavy atom. The first-order valence-electron chi connectivity index (χ1n) is 5.60. The van der Waals surface area contributed by atoms with Crippen LogP contribution in [-0.4, -0.2) is 4.98 Å². The molecule has 0 radical (unpaired) electrons. The molecule has 0 bridgehead atoms. The van der Waals surface area contributed by atoms with Gasteiger partial charge in [-0.3, -0.25) is 0 Å². The van der Waals surface area contributed by atoms with E-state index in [0.29, 0.717) is 20.5 Å². The van der Waals surface area contributed by atoms with Crippen LogP contribution >= 0.6 is 23.4 Å². The molecular weight excluding hydrogens is 309 g/mol. The van der Waals surface area contributed by atoms with Crippen molar-refractivity contribution in [3.8, 4) is 0 Å². The lowest BCUT2D eigenvalue weighted by Crippen LogP contribution is -2.07. The summed E-state index contributed by atoms with van der Waals surface area (Å²) in [6.45, 7) is 0.0276. The first kappa shape index (κ1) is 15.2. The van der Waals surface area contributed by atoms with Gasteiger partial charge in [-0.25, -0.2) is 4.98 Å². The third-order valence-electron chi connectivity index (χ3n) is 2.52. The van der Waals surface area contributed by atoms with Crippen LogP contribution in [0.2, 0.25) is 5.02 Å². The van der Waals surface area contributed by atoms with E-state index in [4.69, 9.17) is 17.3 Å². The van der Waals surface area contributed by atoms with E-state index in [1.54, 1.807) is 12.1 Å². The normalized spacial score (nSPS) is 11.7. The van der Waals surface area contributed by atoms with E-state index in [9.17, 15) is 13.2 Å². The Hall–Kier alpha value is -1.24. The number of pyridine rings is 1. The molecule has 0 spiro atoms. The second kappa shape index (κ2) is 6.03. The Morgan fingerprint density at radius 1 is 1.20 bits per heavy atom. The minimum atomic E-state index is -4.37. The zero-order chi connectivity index (χ0) is 14.8. The third-order valence-corrected chi connectivity index (χ3v) is 3.81. The molecule has 0 saturated heterocycles. The van der Waals surface area contributed by atoms with Gasteiger partial charge in [-0.15, -0.1) is 0 Å². The van der Waals surface area contributed by atoms with Gasteiger partial charge in [0.2, 0.25) is 0 Å². The van der Waals surface area contributed by atoms with Gasteiger partial charge in [0.1, 0.15) is 5.03 Å². The van der Waals surface area contributed by atoms with Gasteiger partial charge in [-0.2, -0.15) is 13.2 Å². The summed E-state index contributed by atoms with van der Waals surface area (Å²) in [5.74, 6) is 0. The maximum atomic E-state index is 12.6. The average Bonchev–Trinajstić information content (AvgIpc) is 2.40. The van der Waals surface area contributed by atoms with Gasteiger partial charge in [0.15, 0.2) is 0 Å². The summed E-state index contributed by atoms with van der Waals surface area (Å²) < 4.78 is 37.9. The number of nitrogens with two attached hydrogens (primary N) is 1. The van der Waals surface area contributed by atoms with E-state index in [-0.39, 0.29) is 6.54 Å². The number of hydrogen-bond acceptors (Lipinski definition) is 3. The standard InChI is InChI=1S/C13H10ClF3N2S/c14-10-2-4-12(19-7-10)20-11-3-1-9(13(15,16)17)5-8(11)6-18/h1-5,7H,6,18H2. The van der Waals surface area contributed by atoms with Crippen LogP contribution in [0.15, 0.2) is 46.5 Å². The molecule has 1 aromatic heterocycles. The van der Waals surface area contributed by atoms with E-state index < -0.39 is 11.7 Å². The Morgan fingerprint density at radius 3 is 2.50 bits per heavy atom. The molecule has 0 aliphatic rings. The van der Waals surface area contributed by atoms with Gasteiger partial charge >= 0.3 is 6.18 Å². The fourth-order valence-corrected chi connectivity index (χ4v) is 2.54. The van der Waals surface area contributed by atoms with Crippen LogP contribution in [-0.2, 0) is 12.7 Å². The van der Waals surface area contributed by atoms with Crippen molar-refractivity contribution in [2.45, 2.75) is 22.6 Å². The maximum absolute atomic E-state index is 12.6. The molecule has 0 fully saturated rings. The summed E-state index contributed by atoms with van der Waals surface area (Å²) in [4.78, 5) is 4.74. The van der Waals surface area contributed by atoms with Crippen molar-refractivity contribution in [1.82, 2.24) is 4.98 Å². The highest BCUT2D eigenvalue weighted by Crippen LogP contribution is 2.35. The second-order valence-corrected chi connectivity index (χ2v) is 5.44. The zero-order valence-electron chi connectivity index (χ0n) is 10.1. The summed E-state index contributed by atoms with van der Waals surface area (Å²) in [5.41, 5.74) is 5.25. The van der Waals surface area contributed by atoms with Crippen molar-refractivity contribution in [3.63, 3.8) is 0 Å². The molecule has 2 N–H and O–H groups in total. The van der Waals surface area contributed by atoms with Gasteiger partial charge in [0.25, 0.3) is 0 Å². The molecule has 2 aromatic rings. The molecule has 0 amide bonds. The summed E-state index contributed by atoms with van der Waals surface area (Å²) >= 11 is 6.98. The smallest absolute Gasteiger partial charge is 0.326 e. The maximum Gasteiger partial charge on any atom is 0.416 e. The number of rotatable bonds is 3. The van der Waals surface area contributed by atoms with Crippen LogP contribution in [0.1, 0.15) is 11.1 Å². The van der Waals surface area contributed by atoms with Crippen LogP contribution in [0.25, 0.3) is 0 Å². The van der Waals surface area contributed by atoms with Gasteiger partial charge in [-0.1, -0.05) is 23.4 Å². The van der Waals surface area contributed by atoms with E-state index >= 15 is 0 Å². The first-order chi connectivity index (χ1) is 9.40. The van der Waals surface area contributed by atoms with Crippen molar-refractivity contribution >= 4 is 23.4 Å². The lowest BCUT2D eigenvalue weighted by Gasteiger charge is -2.12. The summed E-state index contributed by atoms with van der Waals surface area (Å²) in [6, 6.07) is 6.88. The van der Waals surface area contributed by atoms with Crippen LogP contribution in [0.4, 0.5) is 13.2 Å². The lowest BCUT2D eigenvalue weighted by atomic mass is 10.1. The summed E-state index contributed by atoms with van der Waals surface area (Å²) in [6.07, 6.45) is -2.89.